The summed E-state index contributed by atoms with van der Waals surface area (Å²) in [6.45, 7) is 10.3. The molecule has 0 aliphatic rings. The Kier molecular flexibility index (Phi) is 13.3. The zero-order chi connectivity index (χ0) is 28.1. The Morgan fingerprint density at radius 1 is 0.895 bits per heavy atom. The fourth-order valence-electron chi connectivity index (χ4n) is 3.69. The van der Waals surface area contributed by atoms with Crippen molar-refractivity contribution in [3.8, 4) is 11.5 Å². The molecule has 0 aromatic heterocycles. The van der Waals surface area contributed by atoms with E-state index in [2.05, 4.69) is 33.4 Å². The molecule has 7 nitrogen and oxygen atoms in total. The number of halogens is 1. The van der Waals surface area contributed by atoms with Crippen molar-refractivity contribution in [3.63, 3.8) is 0 Å². The van der Waals surface area contributed by atoms with Gasteiger partial charge in [0.05, 0.1) is 12.5 Å². The van der Waals surface area contributed by atoms with Crippen molar-refractivity contribution < 1.29 is 33.3 Å². The van der Waals surface area contributed by atoms with E-state index >= 15 is 0 Å². The summed E-state index contributed by atoms with van der Waals surface area (Å²) in [5, 5.41) is 0. The summed E-state index contributed by atoms with van der Waals surface area (Å²) >= 11 is 10.5. The average molecular weight is 567 g/mol. The number of hydrogen-bond acceptors (Lipinski definition) is 8. The van der Waals surface area contributed by atoms with Gasteiger partial charge in [0.1, 0.15) is 30.8 Å². The van der Waals surface area contributed by atoms with Crippen molar-refractivity contribution in [2.24, 2.45) is 0 Å². The van der Waals surface area contributed by atoms with Crippen LogP contribution in [0, 0.1) is 0 Å². The summed E-state index contributed by atoms with van der Waals surface area (Å²) in [4.78, 5) is 23.3. The number of carbonyl (C=O) groups excluding carboxylic acids is 2. The maximum Gasteiger partial charge on any atom is 0.303 e. The van der Waals surface area contributed by atoms with Gasteiger partial charge in [-0.15, -0.1) is 24.2 Å². The Bertz CT molecular complexity index is 1030. The predicted octanol–water partition coefficient (Wildman–Crippen LogP) is 5.98. The van der Waals surface area contributed by atoms with Crippen LogP contribution in [0.4, 0.5) is 0 Å². The first kappa shape index (κ1) is 31.8. The van der Waals surface area contributed by atoms with Crippen molar-refractivity contribution in [2.75, 3.05) is 32.3 Å². The molecular weight excluding hydrogens is 528 g/mol. The van der Waals surface area contributed by atoms with Crippen LogP contribution in [0.3, 0.4) is 0 Å². The maximum absolute atomic E-state index is 11.4. The first-order chi connectivity index (χ1) is 18.1. The van der Waals surface area contributed by atoms with Gasteiger partial charge in [0.25, 0.3) is 0 Å². The van der Waals surface area contributed by atoms with E-state index in [-0.39, 0.29) is 30.5 Å². The van der Waals surface area contributed by atoms with Crippen molar-refractivity contribution >= 4 is 36.2 Å². The molecule has 0 radical (unpaired) electrons. The van der Waals surface area contributed by atoms with E-state index in [1.807, 2.05) is 42.5 Å². The van der Waals surface area contributed by atoms with Crippen LogP contribution in [-0.4, -0.2) is 56.5 Å². The number of unbranched alkanes of at least 4 members (excludes halogenated alkanes) is 1. The van der Waals surface area contributed by atoms with E-state index in [9.17, 15) is 9.59 Å². The third-order valence-corrected chi connectivity index (χ3v) is 6.59. The number of esters is 2. The molecule has 0 aliphatic carbocycles. The Balaban J connectivity index is 2.02. The fourth-order valence-corrected chi connectivity index (χ4v) is 4.12. The number of rotatable bonds is 16. The quantitative estimate of drug-likeness (QED) is 0.116. The van der Waals surface area contributed by atoms with Crippen molar-refractivity contribution in [1.29, 1.82) is 0 Å². The van der Waals surface area contributed by atoms with E-state index in [0.717, 1.165) is 24.0 Å². The molecule has 2 aromatic carbocycles. The summed E-state index contributed by atoms with van der Waals surface area (Å²) in [5.41, 5.74) is 1.82. The monoisotopic (exact) mass is 566 g/mol. The molecular formula is C29H39ClO7S. The molecule has 0 N–H and O–H groups in total. The van der Waals surface area contributed by atoms with Crippen LogP contribution in [0.5, 0.6) is 11.5 Å². The largest absolute Gasteiger partial charge is 0.490 e. The first-order valence-electron chi connectivity index (χ1n) is 12.7. The Morgan fingerprint density at radius 2 is 1.50 bits per heavy atom. The van der Waals surface area contributed by atoms with E-state index in [1.165, 1.54) is 13.8 Å². The van der Waals surface area contributed by atoms with Crippen molar-refractivity contribution in [1.82, 2.24) is 0 Å². The summed E-state index contributed by atoms with van der Waals surface area (Å²) in [5.74, 6) is 0.636. The van der Waals surface area contributed by atoms with E-state index in [0.29, 0.717) is 29.6 Å². The minimum atomic E-state index is -0.531. The SMILES string of the molecule is CCCCOCC(COc1ccc(C(C)(C)c2ccc(OCC(CCl)OC(C)=O)c(S)c2)cc1)OC(C)=O. The number of ether oxygens (including phenoxy) is 5. The highest BCUT2D eigenvalue weighted by atomic mass is 35.5. The molecule has 0 bridgehead atoms. The Morgan fingerprint density at radius 3 is 2.08 bits per heavy atom. The van der Waals surface area contributed by atoms with Gasteiger partial charge in [-0.1, -0.05) is 45.4 Å². The lowest BCUT2D eigenvalue weighted by Gasteiger charge is -2.27. The lowest BCUT2D eigenvalue weighted by molar-refractivity contribution is -0.151. The van der Waals surface area contributed by atoms with Gasteiger partial charge in [0.2, 0.25) is 0 Å². The molecule has 2 unspecified atom stereocenters. The zero-order valence-electron chi connectivity index (χ0n) is 22.8. The topological polar surface area (TPSA) is 80.3 Å². The molecule has 2 atom stereocenters. The van der Waals surface area contributed by atoms with Gasteiger partial charge in [0, 0.05) is 30.8 Å². The van der Waals surface area contributed by atoms with Crippen LogP contribution < -0.4 is 9.47 Å². The number of carbonyl (C=O) groups is 2. The van der Waals surface area contributed by atoms with Gasteiger partial charge in [-0.3, -0.25) is 9.59 Å². The highest BCUT2D eigenvalue weighted by Crippen LogP contribution is 2.36. The Hall–Kier alpha value is -2.42. The number of benzene rings is 2. The normalized spacial score (nSPS) is 12.9. The minimum absolute atomic E-state index is 0.142. The highest BCUT2D eigenvalue weighted by molar-refractivity contribution is 7.80. The molecule has 210 valence electrons. The van der Waals surface area contributed by atoms with Crippen LogP contribution in [-0.2, 0) is 29.2 Å². The summed E-state index contributed by atoms with van der Waals surface area (Å²) < 4.78 is 27.7. The molecule has 2 rings (SSSR count). The van der Waals surface area contributed by atoms with Gasteiger partial charge in [-0.05, 0) is 41.8 Å². The van der Waals surface area contributed by atoms with Crippen molar-refractivity contribution in [3.05, 3.63) is 53.6 Å². The van der Waals surface area contributed by atoms with Gasteiger partial charge in [-0.25, -0.2) is 0 Å². The molecule has 2 aromatic rings. The van der Waals surface area contributed by atoms with Crippen molar-refractivity contribution in [2.45, 2.75) is 70.0 Å². The smallest absolute Gasteiger partial charge is 0.303 e. The van der Waals surface area contributed by atoms with E-state index in [1.54, 1.807) is 0 Å². The van der Waals surface area contributed by atoms with Gasteiger partial charge in [0.15, 0.2) is 6.10 Å². The van der Waals surface area contributed by atoms with Crippen LogP contribution >= 0.6 is 24.2 Å². The molecule has 9 heteroatoms. The number of hydrogen-bond donors (Lipinski definition) is 1. The molecule has 0 amide bonds. The second-order valence-electron chi connectivity index (χ2n) is 9.50. The molecule has 0 fully saturated rings. The lowest BCUT2D eigenvalue weighted by atomic mass is 9.78. The van der Waals surface area contributed by atoms with E-state index < -0.39 is 18.2 Å². The third kappa shape index (κ3) is 10.4. The minimum Gasteiger partial charge on any atom is -0.490 e. The third-order valence-electron chi connectivity index (χ3n) is 5.90. The zero-order valence-corrected chi connectivity index (χ0v) is 24.5. The molecule has 38 heavy (non-hydrogen) atoms. The average Bonchev–Trinajstić information content (AvgIpc) is 2.87. The molecule has 0 saturated carbocycles. The standard InChI is InChI=1S/C29H39ClO7S/c1-6-7-14-33-17-26(37-21(3)32)19-34-24-11-8-22(9-12-24)29(4,5)23-10-13-27(28(38)15-23)35-18-25(16-30)36-20(2)31/h8-13,15,25-26,38H,6-7,14,16-19H2,1-5H3. The second kappa shape index (κ2) is 15.9. The summed E-state index contributed by atoms with van der Waals surface area (Å²) in [6, 6.07) is 13.6. The van der Waals surface area contributed by atoms with Gasteiger partial charge < -0.3 is 23.7 Å². The molecule has 0 heterocycles. The molecule has 0 spiro atoms. The highest BCUT2D eigenvalue weighted by Gasteiger charge is 2.24. The summed E-state index contributed by atoms with van der Waals surface area (Å²) in [7, 11) is 0. The maximum atomic E-state index is 11.4. The molecule has 0 aliphatic heterocycles. The molecule has 0 saturated heterocycles. The van der Waals surface area contributed by atoms with E-state index in [4.69, 9.17) is 35.3 Å². The van der Waals surface area contributed by atoms with Crippen LogP contribution in [0.25, 0.3) is 0 Å². The number of alkyl halides is 1. The van der Waals surface area contributed by atoms with Crippen LogP contribution in [0.1, 0.15) is 58.6 Å². The Labute approximate surface area is 236 Å². The summed E-state index contributed by atoms with van der Waals surface area (Å²) in [6.07, 6.45) is 0.998. The second-order valence-corrected chi connectivity index (χ2v) is 10.3. The van der Waals surface area contributed by atoms with Gasteiger partial charge in [-0.2, -0.15) is 0 Å². The van der Waals surface area contributed by atoms with Gasteiger partial charge >= 0.3 is 11.9 Å². The van der Waals surface area contributed by atoms with Crippen LogP contribution in [0.2, 0.25) is 0 Å². The lowest BCUT2D eigenvalue weighted by Crippen LogP contribution is -2.29. The van der Waals surface area contributed by atoms with Crippen LogP contribution in [0.15, 0.2) is 47.4 Å². The number of thiol groups is 1. The first-order valence-corrected chi connectivity index (χ1v) is 13.7. The predicted molar refractivity (Wildman–Crippen MR) is 151 cm³/mol. The fraction of sp³-hybridized carbons (Fsp3) is 0.517.